The van der Waals surface area contributed by atoms with Crippen molar-refractivity contribution >= 4 is 17.4 Å². The molecule has 8 heteroatoms. The van der Waals surface area contributed by atoms with E-state index in [-0.39, 0.29) is 17.5 Å². The van der Waals surface area contributed by atoms with E-state index in [0.29, 0.717) is 16.8 Å². The lowest BCUT2D eigenvalue weighted by atomic mass is 9.95. The number of rotatable bonds is 6. The Morgan fingerprint density at radius 3 is 2.23 bits per heavy atom. The molecule has 0 radical (unpaired) electrons. The van der Waals surface area contributed by atoms with Crippen LogP contribution in [0, 0.1) is 5.41 Å². The predicted octanol–water partition coefficient (Wildman–Crippen LogP) is 5.28. The number of hydrogen-bond donors (Lipinski definition) is 3. The molecule has 4 N–H and O–H groups in total. The van der Waals surface area contributed by atoms with Crippen molar-refractivity contribution in [3.8, 4) is 16.9 Å². The number of halogens is 3. The van der Waals surface area contributed by atoms with Crippen LogP contribution in [-0.4, -0.2) is 18.1 Å². The van der Waals surface area contributed by atoms with Crippen LogP contribution in [0.15, 0.2) is 72.8 Å². The molecule has 1 unspecified atom stereocenters. The summed E-state index contributed by atoms with van der Waals surface area (Å²) in [5.41, 5.74) is 8.79. The third kappa shape index (κ3) is 5.85. The van der Waals surface area contributed by atoms with Crippen molar-refractivity contribution in [1.29, 1.82) is 5.41 Å². The Morgan fingerprint density at radius 1 is 1.00 bits per heavy atom. The molecule has 3 aromatic carbocycles. The van der Waals surface area contributed by atoms with E-state index in [0.717, 1.165) is 11.1 Å². The van der Waals surface area contributed by atoms with E-state index in [1.165, 1.54) is 24.3 Å². The molecular weight excluding hydrogens is 407 g/mol. The van der Waals surface area contributed by atoms with Crippen LogP contribution in [-0.2, 0) is 4.79 Å². The third-order valence-electron chi connectivity index (χ3n) is 4.66. The van der Waals surface area contributed by atoms with Crippen LogP contribution in [0.3, 0.4) is 0 Å². The zero-order valence-corrected chi connectivity index (χ0v) is 16.5. The largest absolute Gasteiger partial charge is 0.573 e. The minimum Gasteiger partial charge on any atom is -0.406 e. The molecule has 3 aromatic rings. The molecule has 0 aliphatic rings. The molecule has 0 heterocycles. The third-order valence-corrected chi connectivity index (χ3v) is 4.66. The lowest BCUT2D eigenvalue weighted by Crippen LogP contribution is -2.19. The number of amidine groups is 1. The molecule has 0 aliphatic heterocycles. The van der Waals surface area contributed by atoms with Crippen LogP contribution < -0.4 is 15.8 Å². The van der Waals surface area contributed by atoms with Gasteiger partial charge in [-0.25, -0.2) is 0 Å². The zero-order chi connectivity index (χ0) is 22.6. The normalized spacial score (nSPS) is 12.1. The van der Waals surface area contributed by atoms with Crippen molar-refractivity contribution < 1.29 is 22.7 Å². The minimum atomic E-state index is -4.74. The maximum Gasteiger partial charge on any atom is 0.573 e. The van der Waals surface area contributed by atoms with Crippen molar-refractivity contribution in [2.75, 3.05) is 5.32 Å². The summed E-state index contributed by atoms with van der Waals surface area (Å²) in [6.45, 7) is 1.76. The maximum absolute atomic E-state index is 12.7. The maximum atomic E-state index is 12.7. The Bertz CT molecular complexity index is 1080. The molecule has 0 saturated heterocycles. The summed E-state index contributed by atoms with van der Waals surface area (Å²) in [5, 5.41) is 10.2. The number of ether oxygens (including phenoxy) is 1. The van der Waals surface area contributed by atoms with Gasteiger partial charge in [-0.1, -0.05) is 36.4 Å². The highest BCUT2D eigenvalue weighted by atomic mass is 19.4. The van der Waals surface area contributed by atoms with E-state index in [1.807, 2.05) is 18.2 Å². The average Bonchev–Trinajstić information content (AvgIpc) is 2.73. The van der Waals surface area contributed by atoms with Crippen molar-refractivity contribution in [3.63, 3.8) is 0 Å². The first-order valence-corrected chi connectivity index (χ1v) is 9.34. The second kappa shape index (κ2) is 8.91. The number of anilines is 1. The molecule has 1 amide bonds. The van der Waals surface area contributed by atoms with Crippen LogP contribution in [0.4, 0.5) is 18.9 Å². The molecule has 0 fully saturated rings. The van der Waals surface area contributed by atoms with Crippen LogP contribution >= 0.6 is 0 Å². The molecule has 3 rings (SSSR count). The number of nitrogens with two attached hydrogens (primary N) is 1. The van der Waals surface area contributed by atoms with Crippen molar-refractivity contribution in [2.24, 2.45) is 5.73 Å². The standard InChI is InChI=1S/C23H20F3N3O2/c1-14(22(30)29-19-9-5-16(6-10-19)21(27)28)17-3-2-4-18(13-17)15-7-11-20(12-8-15)31-23(24,25)26/h2-14H,1H3,(H3,27,28)(H,29,30). The number of carbonyl (C=O) groups is 1. The number of alkyl halides is 3. The lowest BCUT2D eigenvalue weighted by Gasteiger charge is -2.14. The summed E-state index contributed by atoms with van der Waals surface area (Å²) < 4.78 is 40.8. The Morgan fingerprint density at radius 2 is 1.65 bits per heavy atom. The summed E-state index contributed by atoms with van der Waals surface area (Å²) in [6.07, 6.45) is -4.74. The highest BCUT2D eigenvalue weighted by Crippen LogP contribution is 2.28. The van der Waals surface area contributed by atoms with Gasteiger partial charge in [-0.2, -0.15) is 0 Å². The highest BCUT2D eigenvalue weighted by molar-refractivity contribution is 5.98. The van der Waals surface area contributed by atoms with Crippen molar-refractivity contribution in [2.45, 2.75) is 19.2 Å². The van der Waals surface area contributed by atoms with Gasteiger partial charge < -0.3 is 15.8 Å². The first kappa shape index (κ1) is 21.9. The molecule has 160 valence electrons. The molecule has 5 nitrogen and oxygen atoms in total. The van der Waals surface area contributed by atoms with Gasteiger partial charge in [0, 0.05) is 11.3 Å². The van der Waals surface area contributed by atoms with Crippen molar-refractivity contribution in [3.05, 3.63) is 83.9 Å². The smallest absolute Gasteiger partial charge is 0.406 e. The fourth-order valence-electron chi connectivity index (χ4n) is 2.97. The van der Waals surface area contributed by atoms with Crippen molar-refractivity contribution in [1.82, 2.24) is 0 Å². The molecule has 31 heavy (non-hydrogen) atoms. The first-order valence-electron chi connectivity index (χ1n) is 9.34. The van der Waals surface area contributed by atoms with Gasteiger partial charge in [-0.15, -0.1) is 13.2 Å². The summed E-state index contributed by atoms with van der Waals surface area (Å²) in [5.74, 6) is -1.04. The average molecular weight is 427 g/mol. The van der Waals surface area contributed by atoms with Crippen LogP contribution in [0.2, 0.25) is 0 Å². The van der Waals surface area contributed by atoms with Gasteiger partial charge in [0.1, 0.15) is 11.6 Å². The van der Waals surface area contributed by atoms with Crippen LogP contribution in [0.1, 0.15) is 24.0 Å². The summed E-state index contributed by atoms with van der Waals surface area (Å²) in [7, 11) is 0. The SMILES string of the molecule is CC(C(=O)Nc1ccc(C(=N)N)cc1)c1cccc(-c2ccc(OC(F)(F)F)cc2)c1. The summed E-state index contributed by atoms with van der Waals surface area (Å²) >= 11 is 0. The molecule has 0 aliphatic carbocycles. The fourth-order valence-corrected chi connectivity index (χ4v) is 2.97. The van der Waals surface area contributed by atoms with Gasteiger partial charge in [0.2, 0.25) is 5.91 Å². The van der Waals surface area contributed by atoms with E-state index in [2.05, 4.69) is 10.1 Å². The fraction of sp³-hybridized carbons (Fsp3) is 0.130. The van der Waals surface area contributed by atoms with E-state index in [1.54, 1.807) is 37.3 Å². The Kier molecular flexibility index (Phi) is 6.29. The van der Waals surface area contributed by atoms with E-state index >= 15 is 0 Å². The van der Waals surface area contributed by atoms with Gasteiger partial charge in [0.15, 0.2) is 0 Å². The quantitative estimate of drug-likeness (QED) is 0.369. The summed E-state index contributed by atoms with van der Waals surface area (Å²) in [6, 6.07) is 19.4. The molecule has 1 atom stereocenters. The number of nitrogen functional groups attached to an aromatic ring is 1. The zero-order valence-electron chi connectivity index (χ0n) is 16.5. The number of amides is 1. The second-order valence-corrected chi connectivity index (χ2v) is 6.90. The van der Waals surface area contributed by atoms with Gasteiger partial charge in [-0.3, -0.25) is 10.2 Å². The number of benzene rings is 3. The van der Waals surface area contributed by atoms with Gasteiger partial charge in [0.25, 0.3) is 0 Å². The molecule has 0 spiro atoms. The molecule has 0 saturated carbocycles. The van der Waals surface area contributed by atoms with Gasteiger partial charge in [-0.05, 0) is 60.0 Å². The molecule has 0 bridgehead atoms. The second-order valence-electron chi connectivity index (χ2n) is 6.90. The predicted molar refractivity (Wildman–Crippen MR) is 113 cm³/mol. The monoisotopic (exact) mass is 427 g/mol. The van der Waals surface area contributed by atoms with Crippen LogP contribution in [0.5, 0.6) is 5.75 Å². The first-order chi connectivity index (χ1) is 14.6. The lowest BCUT2D eigenvalue weighted by molar-refractivity contribution is -0.274. The number of hydrogen-bond acceptors (Lipinski definition) is 3. The van der Waals surface area contributed by atoms with E-state index in [4.69, 9.17) is 11.1 Å². The highest BCUT2D eigenvalue weighted by Gasteiger charge is 2.31. The van der Waals surface area contributed by atoms with Gasteiger partial charge in [0.05, 0.1) is 5.92 Å². The molecular formula is C23H20F3N3O2. The van der Waals surface area contributed by atoms with E-state index < -0.39 is 12.3 Å². The minimum absolute atomic E-state index is 0.0546. The summed E-state index contributed by atoms with van der Waals surface area (Å²) in [4.78, 5) is 12.7. The Hall–Kier alpha value is -3.81. The Balaban J connectivity index is 1.72. The Labute approximate surface area is 177 Å². The number of nitrogens with one attached hydrogen (secondary N) is 2. The van der Waals surface area contributed by atoms with Gasteiger partial charge >= 0.3 is 6.36 Å². The van der Waals surface area contributed by atoms with E-state index in [9.17, 15) is 18.0 Å². The van der Waals surface area contributed by atoms with Crippen LogP contribution in [0.25, 0.3) is 11.1 Å². The molecule has 0 aromatic heterocycles. The topological polar surface area (TPSA) is 88.2 Å². The number of carbonyl (C=O) groups excluding carboxylic acids is 1.